The van der Waals surface area contributed by atoms with Crippen molar-refractivity contribution in [2.45, 2.75) is 87.2 Å². The number of carboxylic acid groups (broad SMARTS) is 2. The lowest BCUT2D eigenvalue weighted by atomic mass is 10.0. The van der Waals surface area contributed by atoms with Crippen molar-refractivity contribution in [1.29, 1.82) is 0 Å². The number of H-pyrrole nitrogens is 1. The van der Waals surface area contributed by atoms with Crippen LogP contribution >= 0.6 is 0 Å². The molecule has 0 aliphatic rings. The van der Waals surface area contributed by atoms with Gasteiger partial charge in [-0.05, 0) is 41.8 Å². The van der Waals surface area contributed by atoms with Crippen molar-refractivity contribution in [3.63, 3.8) is 0 Å². The van der Waals surface area contributed by atoms with Crippen LogP contribution in [0.2, 0.25) is 0 Å². The van der Waals surface area contributed by atoms with E-state index in [0.717, 1.165) is 0 Å². The van der Waals surface area contributed by atoms with Gasteiger partial charge in [-0.15, -0.1) is 0 Å². The lowest BCUT2D eigenvalue weighted by Crippen LogP contribution is -2.61. The molecule has 66 heavy (non-hydrogen) atoms. The van der Waals surface area contributed by atoms with E-state index in [1.807, 2.05) is 0 Å². The lowest BCUT2D eigenvalue weighted by Gasteiger charge is -2.27. The minimum Gasteiger partial charge on any atom is -0.508 e. The van der Waals surface area contributed by atoms with Crippen molar-refractivity contribution in [3.05, 3.63) is 77.9 Å². The molecule has 2 aromatic carbocycles. The van der Waals surface area contributed by atoms with Crippen molar-refractivity contribution in [2.24, 2.45) is 17.2 Å². The van der Waals surface area contributed by atoms with Gasteiger partial charge in [-0.3, -0.25) is 43.2 Å². The van der Waals surface area contributed by atoms with Gasteiger partial charge in [-0.25, -0.2) is 9.78 Å². The molecule has 3 aromatic rings. The van der Waals surface area contributed by atoms with Crippen LogP contribution in [0.15, 0.2) is 61.1 Å². The maximum atomic E-state index is 13.8. The molecule has 26 nitrogen and oxygen atoms in total. The molecule has 1 aromatic heterocycles. The summed E-state index contributed by atoms with van der Waals surface area (Å²) in [7, 11) is 0. The number of nitrogens with two attached hydrogens (primary N) is 3. The Labute approximate surface area is 374 Å². The number of aliphatic hydroxyl groups is 1. The maximum Gasteiger partial charge on any atom is 0.326 e. The second-order valence-corrected chi connectivity index (χ2v) is 14.8. The van der Waals surface area contributed by atoms with Gasteiger partial charge in [0.1, 0.15) is 47.8 Å². The molecule has 0 fully saturated rings. The Bertz CT molecular complexity index is 2210. The van der Waals surface area contributed by atoms with Crippen LogP contribution in [0.25, 0.3) is 0 Å². The van der Waals surface area contributed by atoms with E-state index in [1.54, 1.807) is 0 Å². The van der Waals surface area contributed by atoms with Crippen LogP contribution in [-0.2, 0) is 67.2 Å². The first-order valence-electron chi connectivity index (χ1n) is 19.9. The van der Waals surface area contributed by atoms with Crippen LogP contribution in [0.5, 0.6) is 11.5 Å². The van der Waals surface area contributed by atoms with Gasteiger partial charge in [0.2, 0.25) is 47.3 Å². The Balaban J connectivity index is 1.84. The van der Waals surface area contributed by atoms with Gasteiger partial charge in [0.05, 0.1) is 31.8 Å². The normalized spacial score (nSPS) is 14.0. The molecule has 0 aliphatic carbocycles. The molecule has 0 radical (unpaired) electrons. The smallest absolute Gasteiger partial charge is 0.326 e. The molecular weight excluding hydrogens is 875 g/mol. The standard InChI is InChI=1S/C40H51N11O15/c41-24(13-21-16-44-18-45-21)34(59)47-26(11-19-1-5-22(53)6-2-19)37(62)51-30(17-52)39(64)49-28(15-33(57)58)38(63)46-25(9-10-31(42)55)35(60)48-27(12-20-3-7-23(54)8-4-20)36(61)50-29(40(65)66)14-32(43)56/h1-8,16,18,24-30,52-54H,9-15,17,41H2,(H2,42,55)(H2,43,56)(H,44,45)(H,46,63)(H,47,59)(H,48,60)(H,49,64)(H,50,61)(H,51,62)(H,57,58)(H,65,66)/t24-,25-,26-,27-,28-,29-,30-/m0/s1. The quantitative estimate of drug-likeness (QED) is 0.0340. The first-order chi connectivity index (χ1) is 31.1. The van der Waals surface area contributed by atoms with Crippen molar-refractivity contribution in [2.75, 3.05) is 6.61 Å². The highest BCUT2D eigenvalue weighted by atomic mass is 16.4. The van der Waals surface area contributed by atoms with Gasteiger partial charge in [0.25, 0.3) is 0 Å². The number of carbonyl (C=O) groups excluding carboxylic acids is 8. The highest BCUT2D eigenvalue weighted by molar-refractivity contribution is 5.98. The molecule has 3 rings (SSSR count). The van der Waals surface area contributed by atoms with Crippen molar-refractivity contribution in [1.82, 2.24) is 41.9 Å². The molecule has 7 atom stereocenters. The Kier molecular flexibility index (Phi) is 20.0. The molecule has 26 heteroatoms. The summed E-state index contributed by atoms with van der Waals surface area (Å²) in [6.07, 6.45) is -0.942. The summed E-state index contributed by atoms with van der Waals surface area (Å²) in [5.41, 5.74) is 17.7. The average Bonchev–Trinajstić information content (AvgIpc) is 3.77. The third-order valence-corrected chi connectivity index (χ3v) is 9.51. The van der Waals surface area contributed by atoms with Gasteiger partial charge in [-0.2, -0.15) is 0 Å². The Hall–Kier alpha value is -8.13. The molecule has 0 saturated carbocycles. The van der Waals surface area contributed by atoms with Crippen molar-refractivity contribution in [3.8, 4) is 11.5 Å². The number of aliphatic carboxylic acids is 2. The van der Waals surface area contributed by atoms with E-state index >= 15 is 0 Å². The fourth-order valence-electron chi connectivity index (χ4n) is 6.05. The van der Waals surface area contributed by atoms with Crippen LogP contribution in [-0.4, -0.2) is 144 Å². The second-order valence-electron chi connectivity index (χ2n) is 14.8. The highest BCUT2D eigenvalue weighted by Crippen LogP contribution is 2.14. The molecule has 0 bridgehead atoms. The lowest BCUT2D eigenvalue weighted by molar-refractivity contribution is -0.143. The molecule has 0 spiro atoms. The zero-order valence-electron chi connectivity index (χ0n) is 35.0. The molecule has 18 N–H and O–H groups in total. The summed E-state index contributed by atoms with van der Waals surface area (Å²) in [5.74, 6) is -12.5. The van der Waals surface area contributed by atoms with Crippen LogP contribution in [0.1, 0.15) is 42.5 Å². The molecular formula is C40H51N11O15. The van der Waals surface area contributed by atoms with E-state index in [2.05, 4.69) is 41.9 Å². The van der Waals surface area contributed by atoms with E-state index in [4.69, 9.17) is 17.2 Å². The van der Waals surface area contributed by atoms with Gasteiger partial charge >= 0.3 is 11.9 Å². The van der Waals surface area contributed by atoms with Gasteiger partial charge < -0.3 is 79.6 Å². The number of aliphatic hydroxyl groups excluding tert-OH is 1. The minimum atomic E-state index is -2.04. The summed E-state index contributed by atoms with van der Waals surface area (Å²) >= 11 is 0. The number of rotatable bonds is 27. The molecule has 0 saturated heterocycles. The van der Waals surface area contributed by atoms with E-state index in [1.165, 1.54) is 61.1 Å². The third-order valence-electron chi connectivity index (χ3n) is 9.51. The number of phenolic OH excluding ortho intramolecular Hbond substituents is 2. The summed E-state index contributed by atoms with van der Waals surface area (Å²) in [5, 5.41) is 62.2. The second kappa shape index (κ2) is 25.2. The minimum absolute atomic E-state index is 0.0134. The third kappa shape index (κ3) is 17.6. The fraction of sp³-hybridized carbons (Fsp3) is 0.375. The molecule has 356 valence electrons. The number of phenols is 2. The molecule has 0 aliphatic heterocycles. The fourth-order valence-corrected chi connectivity index (χ4v) is 6.05. The number of aromatic nitrogens is 2. The summed E-state index contributed by atoms with van der Waals surface area (Å²) < 4.78 is 0. The van der Waals surface area contributed by atoms with Crippen molar-refractivity contribution >= 4 is 59.2 Å². The summed E-state index contributed by atoms with van der Waals surface area (Å²) in [6, 6.07) is -1.17. The number of hydrogen-bond donors (Lipinski definition) is 15. The Morgan fingerprint density at radius 2 is 1.00 bits per heavy atom. The number of hydrogen-bond acceptors (Lipinski definition) is 15. The Morgan fingerprint density at radius 1 is 0.561 bits per heavy atom. The predicted molar refractivity (Wildman–Crippen MR) is 225 cm³/mol. The Morgan fingerprint density at radius 3 is 1.45 bits per heavy atom. The number of carboxylic acids is 2. The largest absolute Gasteiger partial charge is 0.508 e. The number of carbonyl (C=O) groups is 10. The molecule has 0 unspecified atom stereocenters. The van der Waals surface area contributed by atoms with E-state index in [9.17, 15) is 73.5 Å². The number of nitrogens with zero attached hydrogens (tertiary/aromatic N) is 1. The van der Waals surface area contributed by atoms with Crippen molar-refractivity contribution < 1.29 is 73.5 Å². The van der Waals surface area contributed by atoms with Gasteiger partial charge in [-0.1, -0.05) is 24.3 Å². The first-order valence-corrected chi connectivity index (χ1v) is 19.9. The molecule has 8 amide bonds. The SMILES string of the molecule is NC(=O)CC[C@H](NC(=O)[C@H](CC(=O)O)NC(=O)[C@H](CO)NC(=O)[C@H](Cc1ccc(O)cc1)NC(=O)[C@@H](N)Cc1cnc[nH]1)C(=O)N[C@@H](Cc1ccc(O)cc1)C(=O)N[C@@H](CC(N)=O)C(=O)O. The van der Waals surface area contributed by atoms with Crippen LogP contribution in [0, 0.1) is 0 Å². The van der Waals surface area contributed by atoms with Crippen LogP contribution in [0.4, 0.5) is 0 Å². The van der Waals surface area contributed by atoms with Gasteiger partial charge in [0, 0.05) is 37.6 Å². The monoisotopic (exact) mass is 925 g/mol. The number of aromatic amines is 1. The number of amides is 8. The topological polar surface area (TPSA) is 451 Å². The van der Waals surface area contributed by atoms with Crippen LogP contribution < -0.4 is 49.1 Å². The number of benzene rings is 2. The zero-order valence-corrected chi connectivity index (χ0v) is 35.0. The van der Waals surface area contributed by atoms with E-state index < -0.39 is 134 Å². The summed E-state index contributed by atoms with van der Waals surface area (Å²) in [6.45, 7) is -1.13. The van der Waals surface area contributed by atoms with E-state index in [0.29, 0.717) is 16.8 Å². The maximum absolute atomic E-state index is 13.8. The number of aromatic hydroxyl groups is 2. The number of primary amides is 2. The average molecular weight is 926 g/mol. The van der Waals surface area contributed by atoms with Gasteiger partial charge in [0.15, 0.2) is 0 Å². The number of imidazole rings is 1. The number of nitrogens with one attached hydrogen (secondary N) is 7. The van der Waals surface area contributed by atoms with E-state index in [-0.39, 0.29) is 30.8 Å². The summed E-state index contributed by atoms with van der Waals surface area (Å²) in [4.78, 5) is 135. The zero-order chi connectivity index (χ0) is 49.1. The van der Waals surface area contributed by atoms with Crippen LogP contribution in [0.3, 0.4) is 0 Å². The first kappa shape index (κ1) is 52.2. The predicted octanol–water partition coefficient (Wildman–Crippen LogP) is -5.22. The highest BCUT2D eigenvalue weighted by Gasteiger charge is 2.35. The molecule has 1 heterocycles.